The molecule has 1 heterocycles. The van der Waals surface area contributed by atoms with Gasteiger partial charge in [0.05, 0.1) is 18.7 Å². The SMILES string of the molecule is CCOc1ccccc1NC(=O)c1cccc(NC(=O)Cc2cccs2)c1. The van der Waals surface area contributed by atoms with Crippen molar-refractivity contribution in [2.75, 3.05) is 17.2 Å². The van der Waals surface area contributed by atoms with Crippen molar-refractivity contribution in [1.82, 2.24) is 0 Å². The Bertz CT molecular complexity index is 923. The van der Waals surface area contributed by atoms with Gasteiger partial charge in [-0.2, -0.15) is 0 Å². The molecule has 0 saturated heterocycles. The Morgan fingerprint density at radius 3 is 2.63 bits per heavy atom. The van der Waals surface area contributed by atoms with Gasteiger partial charge in [0, 0.05) is 16.1 Å². The summed E-state index contributed by atoms with van der Waals surface area (Å²) in [7, 11) is 0. The summed E-state index contributed by atoms with van der Waals surface area (Å²) in [5, 5.41) is 7.63. The number of carbonyl (C=O) groups excluding carboxylic acids is 2. The standard InChI is InChI=1S/C21H20N2O3S/c1-2-26-19-11-4-3-10-18(19)23-21(25)15-7-5-8-16(13-15)22-20(24)14-17-9-6-12-27-17/h3-13H,2,14H2,1H3,(H,22,24)(H,23,25). The second kappa shape index (κ2) is 9.00. The molecular formula is C21H20N2O3S. The van der Waals surface area contributed by atoms with Crippen molar-refractivity contribution in [2.24, 2.45) is 0 Å². The number of carbonyl (C=O) groups is 2. The molecule has 1 aromatic heterocycles. The zero-order valence-electron chi connectivity index (χ0n) is 14.9. The van der Waals surface area contributed by atoms with Gasteiger partial charge in [-0.3, -0.25) is 9.59 Å². The zero-order chi connectivity index (χ0) is 19.1. The number of hydrogen-bond acceptors (Lipinski definition) is 4. The van der Waals surface area contributed by atoms with E-state index in [2.05, 4.69) is 10.6 Å². The number of para-hydroxylation sites is 2. The molecule has 0 radical (unpaired) electrons. The lowest BCUT2D eigenvalue weighted by molar-refractivity contribution is -0.115. The van der Waals surface area contributed by atoms with Crippen molar-refractivity contribution in [3.05, 3.63) is 76.5 Å². The lowest BCUT2D eigenvalue weighted by Crippen LogP contribution is -2.16. The maximum absolute atomic E-state index is 12.6. The van der Waals surface area contributed by atoms with Crippen molar-refractivity contribution >= 4 is 34.5 Å². The number of thiophene rings is 1. The normalized spacial score (nSPS) is 10.3. The van der Waals surface area contributed by atoms with Crippen LogP contribution in [0.1, 0.15) is 22.2 Å². The summed E-state index contributed by atoms with van der Waals surface area (Å²) >= 11 is 1.54. The number of benzene rings is 2. The van der Waals surface area contributed by atoms with E-state index < -0.39 is 0 Å². The summed E-state index contributed by atoms with van der Waals surface area (Å²) < 4.78 is 5.53. The molecular weight excluding hydrogens is 360 g/mol. The first-order valence-electron chi connectivity index (χ1n) is 8.61. The fourth-order valence-corrected chi connectivity index (χ4v) is 3.26. The Morgan fingerprint density at radius 2 is 1.85 bits per heavy atom. The Kier molecular flexibility index (Phi) is 6.22. The van der Waals surface area contributed by atoms with Gasteiger partial charge < -0.3 is 15.4 Å². The molecule has 5 nitrogen and oxygen atoms in total. The van der Waals surface area contributed by atoms with Crippen LogP contribution >= 0.6 is 11.3 Å². The zero-order valence-corrected chi connectivity index (χ0v) is 15.7. The molecule has 27 heavy (non-hydrogen) atoms. The van der Waals surface area contributed by atoms with Crippen LogP contribution in [-0.2, 0) is 11.2 Å². The van der Waals surface area contributed by atoms with E-state index in [1.54, 1.807) is 36.4 Å². The van der Waals surface area contributed by atoms with Gasteiger partial charge in [0.1, 0.15) is 5.75 Å². The van der Waals surface area contributed by atoms with E-state index >= 15 is 0 Å². The molecule has 0 aliphatic rings. The summed E-state index contributed by atoms with van der Waals surface area (Å²) in [5.74, 6) is 0.238. The first kappa shape index (κ1) is 18.7. The fourth-order valence-electron chi connectivity index (χ4n) is 2.56. The highest BCUT2D eigenvalue weighted by molar-refractivity contribution is 7.10. The van der Waals surface area contributed by atoms with Crippen molar-refractivity contribution < 1.29 is 14.3 Å². The summed E-state index contributed by atoms with van der Waals surface area (Å²) in [4.78, 5) is 25.7. The van der Waals surface area contributed by atoms with Gasteiger partial charge in [0.25, 0.3) is 5.91 Å². The molecule has 0 fully saturated rings. The Morgan fingerprint density at radius 1 is 1.00 bits per heavy atom. The maximum atomic E-state index is 12.6. The predicted molar refractivity (Wildman–Crippen MR) is 109 cm³/mol. The van der Waals surface area contributed by atoms with Crippen LogP contribution < -0.4 is 15.4 Å². The van der Waals surface area contributed by atoms with E-state index in [-0.39, 0.29) is 11.8 Å². The molecule has 2 aromatic carbocycles. The molecule has 3 aromatic rings. The Hall–Kier alpha value is -3.12. The summed E-state index contributed by atoms with van der Waals surface area (Å²) in [5.41, 5.74) is 1.65. The van der Waals surface area contributed by atoms with Gasteiger partial charge in [-0.1, -0.05) is 24.3 Å². The highest BCUT2D eigenvalue weighted by Gasteiger charge is 2.11. The second-order valence-corrected chi connectivity index (χ2v) is 6.80. The van der Waals surface area contributed by atoms with Crippen molar-refractivity contribution in [3.63, 3.8) is 0 Å². The average Bonchev–Trinajstić information content (AvgIpc) is 3.16. The smallest absolute Gasteiger partial charge is 0.255 e. The number of hydrogen-bond donors (Lipinski definition) is 2. The van der Waals surface area contributed by atoms with E-state index in [0.717, 1.165) is 4.88 Å². The van der Waals surface area contributed by atoms with Crippen molar-refractivity contribution in [3.8, 4) is 5.75 Å². The molecule has 6 heteroatoms. The Labute approximate surface area is 162 Å². The van der Waals surface area contributed by atoms with Crippen molar-refractivity contribution in [1.29, 1.82) is 0 Å². The number of rotatable bonds is 7. The van der Waals surface area contributed by atoms with Gasteiger partial charge in [-0.05, 0) is 48.7 Å². The summed E-state index contributed by atoms with van der Waals surface area (Å²) in [6, 6.07) is 18.0. The number of ether oxygens (including phenoxy) is 1. The third-order valence-corrected chi connectivity index (χ3v) is 4.63. The molecule has 0 aliphatic heterocycles. The number of nitrogens with one attached hydrogen (secondary N) is 2. The molecule has 0 aliphatic carbocycles. The van der Waals surface area contributed by atoms with Gasteiger partial charge in [-0.25, -0.2) is 0 Å². The van der Waals surface area contributed by atoms with E-state index in [1.165, 1.54) is 11.3 Å². The number of amides is 2. The molecule has 0 bridgehead atoms. The minimum atomic E-state index is -0.267. The van der Waals surface area contributed by atoms with Crippen LogP contribution in [-0.4, -0.2) is 18.4 Å². The van der Waals surface area contributed by atoms with E-state index in [0.29, 0.717) is 35.7 Å². The minimum absolute atomic E-state index is 0.114. The first-order chi connectivity index (χ1) is 13.2. The fraction of sp³-hybridized carbons (Fsp3) is 0.143. The van der Waals surface area contributed by atoms with Crippen molar-refractivity contribution in [2.45, 2.75) is 13.3 Å². The largest absolute Gasteiger partial charge is 0.492 e. The second-order valence-electron chi connectivity index (χ2n) is 5.77. The molecule has 0 spiro atoms. The van der Waals surface area contributed by atoms with Crippen LogP contribution in [0.4, 0.5) is 11.4 Å². The highest BCUT2D eigenvalue weighted by Crippen LogP contribution is 2.24. The van der Waals surface area contributed by atoms with Crippen LogP contribution in [0.3, 0.4) is 0 Å². The lowest BCUT2D eigenvalue weighted by atomic mass is 10.1. The van der Waals surface area contributed by atoms with Crippen LogP contribution in [0.15, 0.2) is 66.0 Å². The molecule has 2 N–H and O–H groups in total. The Balaban J connectivity index is 1.68. The molecule has 0 saturated carbocycles. The van der Waals surface area contributed by atoms with E-state index in [4.69, 9.17) is 4.74 Å². The highest BCUT2D eigenvalue weighted by atomic mass is 32.1. The third-order valence-electron chi connectivity index (χ3n) is 3.76. The lowest BCUT2D eigenvalue weighted by Gasteiger charge is -2.12. The monoisotopic (exact) mass is 380 g/mol. The maximum Gasteiger partial charge on any atom is 0.255 e. The molecule has 138 valence electrons. The third kappa shape index (κ3) is 5.18. The number of anilines is 2. The first-order valence-corrected chi connectivity index (χ1v) is 9.49. The van der Waals surface area contributed by atoms with Gasteiger partial charge in [-0.15, -0.1) is 11.3 Å². The van der Waals surface area contributed by atoms with Crippen LogP contribution in [0.5, 0.6) is 5.75 Å². The predicted octanol–water partition coefficient (Wildman–Crippen LogP) is 4.58. The topological polar surface area (TPSA) is 67.4 Å². The molecule has 2 amide bonds. The van der Waals surface area contributed by atoms with Crippen LogP contribution in [0, 0.1) is 0 Å². The molecule has 0 unspecified atom stereocenters. The van der Waals surface area contributed by atoms with Crippen LogP contribution in [0.25, 0.3) is 0 Å². The van der Waals surface area contributed by atoms with E-state index in [1.807, 2.05) is 36.6 Å². The van der Waals surface area contributed by atoms with Gasteiger partial charge >= 0.3 is 0 Å². The summed E-state index contributed by atoms with van der Waals surface area (Å²) in [6.45, 7) is 2.40. The van der Waals surface area contributed by atoms with Gasteiger partial charge in [0.15, 0.2) is 0 Å². The minimum Gasteiger partial charge on any atom is -0.492 e. The molecule has 0 atom stereocenters. The molecule has 3 rings (SSSR count). The van der Waals surface area contributed by atoms with Gasteiger partial charge in [0.2, 0.25) is 5.91 Å². The quantitative estimate of drug-likeness (QED) is 0.630. The average molecular weight is 380 g/mol. The van der Waals surface area contributed by atoms with E-state index in [9.17, 15) is 9.59 Å². The summed E-state index contributed by atoms with van der Waals surface area (Å²) in [6.07, 6.45) is 0.315. The van der Waals surface area contributed by atoms with Crippen LogP contribution in [0.2, 0.25) is 0 Å².